The normalized spacial score (nSPS) is 18.6. The summed E-state index contributed by atoms with van der Waals surface area (Å²) in [7, 11) is 5.34. The molecule has 0 unspecified atom stereocenters. The van der Waals surface area contributed by atoms with Gasteiger partial charge < -0.3 is 19.1 Å². The average Bonchev–Trinajstić information content (AvgIpc) is 3.10. The Morgan fingerprint density at radius 2 is 1.77 bits per heavy atom. The van der Waals surface area contributed by atoms with Gasteiger partial charge in [0, 0.05) is 11.6 Å². The van der Waals surface area contributed by atoms with E-state index in [4.69, 9.17) is 14.2 Å². The quantitative estimate of drug-likeness (QED) is 0.676. The van der Waals surface area contributed by atoms with Crippen LogP contribution in [0.3, 0.4) is 0 Å². The van der Waals surface area contributed by atoms with Crippen molar-refractivity contribution in [3.63, 3.8) is 0 Å². The largest absolute Gasteiger partial charge is 0.496 e. The van der Waals surface area contributed by atoms with Gasteiger partial charge in [-0.3, -0.25) is 4.79 Å². The molecule has 0 spiro atoms. The molecular formula is C25H27NO4. The lowest BCUT2D eigenvalue weighted by atomic mass is 9.86. The van der Waals surface area contributed by atoms with Gasteiger partial charge in [0.15, 0.2) is 5.76 Å². The van der Waals surface area contributed by atoms with Crippen LogP contribution in [0.5, 0.6) is 17.2 Å². The number of nitrogens with zero attached hydrogens (tertiary/aromatic N) is 1. The molecule has 5 heteroatoms. The van der Waals surface area contributed by atoms with Crippen LogP contribution in [0.1, 0.15) is 40.2 Å². The highest BCUT2D eigenvalue weighted by atomic mass is 16.5. The van der Waals surface area contributed by atoms with E-state index in [1.54, 1.807) is 20.3 Å². The molecule has 0 aliphatic carbocycles. The summed E-state index contributed by atoms with van der Waals surface area (Å²) in [5, 5.41) is 0. The second-order valence-electron chi connectivity index (χ2n) is 7.71. The number of piperidine rings is 1. The molecule has 2 heterocycles. The van der Waals surface area contributed by atoms with Gasteiger partial charge in [-0.15, -0.1) is 0 Å². The Hall–Kier alpha value is -3.05. The molecule has 1 fully saturated rings. The van der Waals surface area contributed by atoms with Crippen LogP contribution in [0.15, 0.2) is 54.3 Å². The summed E-state index contributed by atoms with van der Waals surface area (Å²) in [6.45, 7) is 2.01. The summed E-state index contributed by atoms with van der Waals surface area (Å²) in [5.41, 5.74) is 2.53. The molecule has 1 saturated heterocycles. The number of rotatable bonds is 5. The Balaban J connectivity index is 1.71. The molecule has 2 aromatic rings. The maximum absolute atomic E-state index is 13.1. The molecule has 30 heavy (non-hydrogen) atoms. The Morgan fingerprint density at radius 1 is 1.07 bits per heavy atom. The zero-order valence-corrected chi connectivity index (χ0v) is 17.7. The summed E-state index contributed by atoms with van der Waals surface area (Å²) in [6, 6.07) is 11.8. The van der Waals surface area contributed by atoms with Crippen LogP contribution >= 0.6 is 0 Å². The van der Waals surface area contributed by atoms with Crippen molar-refractivity contribution >= 4 is 11.9 Å². The highest BCUT2D eigenvalue weighted by molar-refractivity contribution is 6.15. The van der Waals surface area contributed by atoms with Gasteiger partial charge in [0.05, 0.1) is 14.2 Å². The van der Waals surface area contributed by atoms with Crippen molar-refractivity contribution < 1.29 is 19.0 Å². The Morgan fingerprint density at radius 3 is 2.43 bits per heavy atom. The monoisotopic (exact) mass is 405 g/mol. The Kier molecular flexibility index (Phi) is 5.91. The van der Waals surface area contributed by atoms with Gasteiger partial charge in [-0.25, -0.2) is 0 Å². The third-order valence-corrected chi connectivity index (χ3v) is 5.81. The van der Waals surface area contributed by atoms with E-state index >= 15 is 0 Å². The Bertz CT molecular complexity index is 986. The fourth-order valence-corrected chi connectivity index (χ4v) is 4.16. The lowest BCUT2D eigenvalue weighted by molar-refractivity contribution is 0.101. The van der Waals surface area contributed by atoms with Gasteiger partial charge in [0.2, 0.25) is 5.78 Å². The standard InChI is InChI=1S/C25H27NO4/c1-26-14-12-18(13-15-26)22-20(28-2)16-21(29-3)23-24(27)19(30-25(22)23)11-7-10-17-8-5-4-6-9-17/h4-11,16,18H,12-15H2,1-3H3/b10-7-,19-11+. The van der Waals surface area contributed by atoms with Gasteiger partial charge in [0.1, 0.15) is 22.8 Å². The van der Waals surface area contributed by atoms with E-state index in [-0.39, 0.29) is 11.7 Å². The number of hydrogen-bond acceptors (Lipinski definition) is 5. The Labute approximate surface area is 177 Å². The number of methoxy groups -OCH3 is 2. The molecule has 0 saturated carbocycles. The zero-order chi connectivity index (χ0) is 21.1. The molecule has 0 N–H and O–H groups in total. The predicted molar refractivity (Wildman–Crippen MR) is 118 cm³/mol. The van der Waals surface area contributed by atoms with Crippen molar-refractivity contribution in [2.45, 2.75) is 18.8 Å². The molecule has 0 radical (unpaired) electrons. The van der Waals surface area contributed by atoms with Gasteiger partial charge in [-0.1, -0.05) is 42.5 Å². The minimum absolute atomic E-state index is 0.156. The molecule has 2 aromatic carbocycles. The highest BCUT2D eigenvalue weighted by Crippen LogP contribution is 2.50. The SMILES string of the molecule is COc1cc(OC)c(C2CCN(C)CC2)c2c1C(=O)/C(=C\C=C/c1ccccc1)O2. The van der Waals surface area contributed by atoms with Crippen LogP contribution in [0.4, 0.5) is 0 Å². The maximum Gasteiger partial charge on any atom is 0.235 e. The fourth-order valence-electron chi connectivity index (χ4n) is 4.16. The van der Waals surface area contributed by atoms with E-state index in [9.17, 15) is 4.79 Å². The zero-order valence-electron chi connectivity index (χ0n) is 17.7. The lowest BCUT2D eigenvalue weighted by Crippen LogP contribution is -2.29. The third-order valence-electron chi connectivity index (χ3n) is 5.81. The van der Waals surface area contributed by atoms with Crippen LogP contribution in [-0.2, 0) is 0 Å². The van der Waals surface area contributed by atoms with Crippen molar-refractivity contribution in [3.05, 3.63) is 71.0 Å². The molecule has 0 bridgehead atoms. The van der Waals surface area contributed by atoms with E-state index in [0.717, 1.165) is 37.1 Å². The molecule has 4 rings (SSSR count). The molecule has 0 atom stereocenters. The summed E-state index contributed by atoms with van der Waals surface area (Å²) in [6.07, 6.45) is 7.50. The summed E-state index contributed by atoms with van der Waals surface area (Å²) < 4.78 is 17.3. The number of fused-ring (bicyclic) bond motifs is 1. The van der Waals surface area contributed by atoms with Gasteiger partial charge >= 0.3 is 0 Å². The summed E-state index contributed by atoms with van der Waals surface area (Å²) >= 11 is 0. The number of ketones is 1. The number of likely N-dealkylation sites (tertiary alicyclic amines) is 1. The summed E-state index contributed by atoms with van der Waals surface area (Å²) in [5.74, 6) is 2.22. The fraction of sp³-hybridized carbons (Fsp3) is 0.320. The van der Waals surface area contributed by atoms with E-state index in [0.29, 0.717) is 28.6 Å². The minimum atomic E-state index is -0.156. The van der Waals surface area contributed by atoms with Gasteiger partial charge in [-0.2, -0.15) is 0 Å². The number of hydrogen-bond donors (Lipinski definition) is 0. The first-order valence-electron chi connectivity index (χ1n) is 10.3. The van der Waals surface area contributed by atoms with Gasteiger partial charge in [0.25, 0.3) is 0 Å². The van der Waals surface area contributed by atoms with Crippen LogP contribution in [0, 0.1) is 0 Å². The number of ether oxygens (including phenoxy) is 3. The van der Waals surface area contributed by atoms with Crippen LogP contribution in [0.25, 0.3) is 6.08 Å². The molecule has 0 aromatic heterocycles. The van der Waals surface area contributed by atoms with Crippen molar-refractivity contribution in [3.8, 4) is 17.2 Å². The topological polar surface area (TPSA) is 48.0 Å². The van der Waals surface area contributed by atoms with Crippen molar-refractivity contribution in [1.82, 2.24) is 4.90 Å². The molecule has 5 nitrogen and oxygen atoms in total. The van der Waals surface area contributed by atoms with Crippen molar-refractivity contribution in [1.29, 1.82) is 0 Å². The van der Waals surface area contributed by atoms with E-state index < -0.39 is 0 Å². The van der Waals surface area contributed by atoms with Crippen LogP contribution in [0.2, 0.25) is 0 Å². The smallest absolute Gasteiger partial charge is 0.235 e. The first-order chi connectivity index (χ1) is 14.6. The van der Waals surface area contributed by atoms with Crippen LogP contribution in [-0.4, -0.2) is 45.0 Å². The highest BCUT2D eigenvalue weighted by Gasteiger charge is 2.38. The number of benzene rings is 2. The second kappa shape index (κ2) is 8.76. The number of allylic oxidation sites excluding steroid dienone is 3. The number of Topliss-reactive ketones (excluding diaryl/α,β-unsaturated/α-hetero) is 1. The van der Waals surface area contributed by atoms with E-state index in [1.807, 2.05) is 48.6 Å². The molecule has 156 valence electrons. The second-order valence-corrected chi connectivity index (χ2v) is 7.71. The third kappa shape index (κ3) is 3.85. The van der Waals surface area contributed by atoms with Crippen LogP contribution < -0.4 is 14.2 Å². The molecule has 2 aliphatic rings. The number of carbonyl (C=O) groups excluding carboxylic acids is 1. The molecule has 2 aliphatic heterocycles. The van der Waals surface area contributed by atoms with E-state index in [1.165, 1.54) is 0 Å². The molecule has 0 amide bonds. The van der Waals surface area contributed by atoms with Crippen molar-refractivity contribution in [2.24, 2.45) is 0 Å². The predicted octanol–water partition coefficient (Wildman–Crippen LogP) is 4.69. The first kappa shape index (κ1) is 20.2. The molecular weight excluding hydrogens is 378 g/mol. The maximum atomic E-state index is 13.1. The first-order valence-corrected chi connectivity index (χ1v) is 10.3. The summed E-state index contributed by atoms with van der Waals surface area (Å²) in [4.78, 5) is 15.5. The number of carbonyl (C=O) groups is 1. The van der Waals surface area contributed by atoms with E-state index in [2.05, 4.69) is 11.9 Å². The van der Waals surface area contributed by atoms with Gasteiger partial charge in [-0.05, 0) is 50.5 Å². The minimum Gasteiger partial charge on any atom is -0.496 e. The lowest BCUT2D eigenvalue weighted by Gasteiger charge is -2.30. The van der Waals surface area contributed by atoms with Crippen molar-refractivity contribution in [2.75, 3.05) is 34.4 Å². The average molecular weight is 405 g/mol.